The molecule has 11 nitrogen and oxygen atoms in total. The summed E-state index contributed by atoms with van der Waals surface area (Å²) >= 11 is 1.43. The Balaban J connectivity index is 1.57. The highest BCUT2D eigenvalue weighted by Gasteiger charge is 2.63. The van der Waals surface area contributed by atoms with Crippen molar-refractivity contribution in [3.63, 3.8) is 0 Å². The molecule has 0 unspecified atom stereocenters. The van der Waals surface area contributed by atoms with Crippen LogP contribution in [0.15, 0.2) is 28.0 Å². The molecule has 186 valence electrons. The van der Waals surface area contributed by atoms with E-state index in [9.17, 15) is 14.4 Å². The predicted octanol–water partition coefficient (Wildman–Crippen LogP) is 2.04. The average molecular weight is 513 g/mol. The maximum absolute atomic E-state index is 16.1. The number of benzene rings is 1. The third kappa shape index (κ3) is 3.08. The number of fused-ring (bicyclic) bond motifs is 5. The molecule has 2 saturated heterocycles. The molecule has 0 aliphatic carbocycles. The molecule has 5 heterocycles. The number of halogens is 1. The number of carbonyl (C=O) groups is 3. The van der Waals surface area contributed by atoms with Crippen molar-refractivity contribution in [2.75, 3.05) is 17.7 Å². The van der Waals surface area contributed by atoms with Crippen molar-refractivity contribution in [3.05, 3.63) is 29.8 Å². The minimum atomic E-state index is -1.71. The van der Waals surface area contributed by atoms with Crippen LogP contribution >= 0.6 is 11.8 Å². The fourth-order valence-corrected chi connectivity index (χ4v) is 5.99. The van der Waals surface area contributed by atoms with Crippen molar-refractivity contribution in [1.82, 2.24) is 25.8 Å². The number of anilines is 1. The van der Waals surface area contributed by atoms with Crippen molar-refractivity contribution in [3.8, 4) is 11.4 Å². The van der Waals surface area contributed by atoms with Crippen molar-refractivity contribution in [1.29, 1.82) is 0 Å². The van der Waals surface area contributed by atoms with E-state index in [1.807, 2.05) is 13.2 Å². The van der Waals surface area contributed by atoms with Crippen LogP contribution in [0.25, 0.3) is 22.4 Å². The first-order valence-electron chi connectivity index (χ1n) is 11.3. The summed E-state index contributed by atoms with van der Waals surface area (Å²) in [6.45, 7) is 3.79. The molecule has 2 aromatic heterocycles. The van der Waals surface area contributed by atoms with Crippen molar-refractivity contribution < 1.29 is 28.0 Å². The van der Waals surface area contributed by atoms with Gasteiger partial charge in [-0.2, -0.15) is 0 Å². The van der Waals surface area contributed by atoms with Gasteiger partial charge in [0.1, 0.15) is 16.4 Å². The van der Waals surface area contributed by atoms with Crippen LogP contribution in [0.5, 0.6) is 0 Å². The molecule has 13 heteroatoms. The summed E-state index contributed by atoms with van der Waals surface area (Å²) in [5.74, 6) is -2.14. The van der Waals surface area contributed by atoms with E-state index in [-0.39, 0.29) is 30.3 Å². The van der Waals surface area contributed by atoms with Crippen LogP contribution < -0.4 is 15.5 Å². The van der Waals surface area contributed by atoms with Gasteiger partial charge in [0, 0.05) is 13.0 Å². The zero-order valence-electron chi connectivity index (χ0n) is 19.5. The largest absolute Gasteiger partial charge is 0.372 e. The van der Waals surface area contributed by atoms with Crippen molar-refractivity contribution >= 4 is 46.3 Å². The molecular formula is C23H21FN6O5S. The summed E-state index contributed by atoms with van der Waals surface area (Å²) in [6, 6.07) is -0.0710. The number of ether oxygens (including phenoxy) is 1. The first-order valence-corrected chi connectivity index (χ1v) is 12.5. The Kier molecular flexibility index (Phi) is 5.06. The number of hydrogen-bond donors (Lipinski definition) is 2. The summed E-state index contributed by atoms with van der Waals surface area (Å²) in [4.78, 5) is 48.9. The van der Waals surface area contributed by atoms with Gasteiger partial charge < -0.3 is 14.2 Å². The lowest BCUT2D eigenvalue weighted by Crippen LogP contribution is -2.75. The Morgan fingerprint density at radius 2 is 1.92 bits per heavy atom. The van der Waals surface area contributed by atoms with E-state index in [4.69, 9.17) is 9.26 Å². The maximum atomic E-state index is 16.1. The molecule has 3 aromatic rings. The van der Waals surface area contributed by atoms with Gasteiger partial charge in [-0.25, -0.2) is 14.2 Å². The topological polar surface area (TPSA) is 140 Å². The normalized spacial score (nSPS) is 24.9. The Hall–Kier alpha value is -3.58. The number of carbonyl (C=O) groups excluding carboxylic acids is 3. The zero-order chi connectivity index (χ0) is 25.4. The number of imide groups is 2. The smallest absolute Gasteiger partial charge is 0.328 e. The molecule has 6 rings (SSSR count). The molecule has 3 aliphatic heterocycles. The van der Waals surface area contributed by atoms with Crippen LogP contribution in [0.3, 0.4) is 0 Å². The summed E-state index contributed by atoms with van der Waals surface area (Å²) in [5.41, 5.74) is -0.452. The molecule has 0 saturated carbocycles. The van der Waals surface area contributed by atoms with Gasteiger partial charge >= 0.3 is 6.03 Å². The van der Waals surface area contributed by atoms with Crippen LogP contribution in [0.1, 0.15) is 19.4 Å². The molecule has 0 bridgehead atoms. The molecule has 2 N–H and O–H groups in total. The Labute approximate surface area is 208 Å². The van der Waals surface area contributed by atoms with E-state index >= 15 is 4.39 Å². The summed E-state index contributed by atoms with van der Waals surface area (Å²) in [5, 5.41) is 9.56. The third-order valence-electron chi connectivity index (χ3n) is 7.04. The molecule has 3 aliphatic rings. The Morgan fingerprint density at radius 1 is 1.17 bits per heavy atom. The second kappa shape index (κ2) is 7.96. The highest BCUT2D eigenvalue weighted by Crippen LogP contribution is 2.49. The van der Waals surface area contributed by atoms with E-state index in [0.29, 0.717) is 27.4 Å². The van der Waals surface area contributed by atoms with Crippen LogP contribution in [0.2, 0.25) is 0 Å². The zero-order valence-corrected chi connectivity index (χ0v) is 20.3. The van der Waals surface area contributed by atoms with Gasteiger partial charge in [-0.05, 0) is 31.7 Å². The number of amides is 4. The van der Waals surface area contributed by atoms with Gasteiger partial charge in [0.15, 0.2) is 11.2 Å². The van der Waals surface area contributed by atoms with Crippen LogP contribution in [-0.2, 0) is 20.7 Å². The van der Waals surface area contributed by atoms with Crippen molar-refractivity contribution in [2.24, 2.45) is 5.41 Å². The minimum Gasteiger partial charge on any atom is -0.372 e. The number of rotatable bonds is 2. The molecule has 36 heavy (non-hydrogen) atoms. The standard InChI is InChI=1S/C23H21FN6O5S/c1-9-8-30-17-11(5-23(19(30)10(2)34-9)20(31)27-22(33)28-21(23)32)4-12-16(29-35-18(12)15(17)24)13-6-26-14(36-3)7-25-13/h4,6-7,9-10,19H,5,8H2,1-3H3,(H2,27,28,31,32,33)/t9-,10+,19-/m0/s1. The van der Waals surface area contributed by atoms with Crippen LogP contribution in [0.4, 0.5) is 14.9 Å². The lowest BCUT2D eigenvalue weighted by atomic mass is 9.66. The predicted molar refractivity (Wildman–Crippen MR) is 126 cm³/mol. The lowest BCUT2D eigenvalue weighted by Gasteiger charge is -2.55. The first kappa shape index (κ1) is 22.9. The lowest BCUT2D eigenvalue weighted by molar-refractivity contribution is -0.153. The quantitative estimate of drug-likeness (QED) is 0.387. The SMILES string of the molecule is CSc1cnc(-c2noc3c(F)c4c(cc23)CC2(C(=O)NC(=O)NC2=O)[C@@H]2[C@@H](C)O[C@@H](C)CN42)cn1. The molecule has 1 spiro atoms. The van der Waals surface area contributed by atoms with Gasteiger partial charge in [-0.1, -0.05) is 5.16 Å². The molecule has 0 radical (unpaired) electrons. The van der Waals surface area contributed by atoms with Crippen LogP contribution in [0, 0.1) is 11.2 Å². The molecule has 2 fully saturated rings. The maximum Gasteiger partial charge on any atom is 0.328 e. The molecular weight excluding hydrogens is 491 g/mol. The summed E-state index contributed by atoms with van der Waals surface area (Å²) in [7, 11) is 0. The van der Waals surface area contributed by atoms with E-state index in [2.05, 4.69) is 25.8 Å². The second-order valence-corrected chi connectivity index (χ2v) is 10.0. The third-order valence-corrected chi connectivity index (χ3v) is 7.67. The monoisotopic (exact) mass is 512 g/mol. The van der Waals surface area contributed by atoms with Crippen LogP contribution in [-0.4, -0.2) is 64.0 Å². The highest BCUT2D eigenvalue weighted by molar-refractivity contribution is 7.98. The summed E-state index contributed by atoms with van der Waals surface area (Å²) in [6.07, 6.45) is 3.91. The van der Waals surface area contributed by atoms with Gasteiger partial charge in [-0.3, -0.25) is 25.2 Å². The average Bonchev–Trinajstić information content (AvgIpc) is 3.26. The number of urea groups is 1. The minimum absolute atomic E-state index is 0.0614. The Morgan fingerprint density at radius 3 is 2.58 bits per heavy atom. The number of aromatic nitrogens is 3. The highest BCUT2D eigenvalue weighted by atomic mass is 32.2. The van der Waals surface area contributed by atoms with E-state index < -0.39 is 41.2 Å². The van der Waals surface area contributed by atoms with E-state index in [1.54, 1.807) is 24.1 Å². The number of hydrogen-bond acceptors (Lipinski definition) is 10. The van der Waals surface area contributed by atoms with Gasteiger partial charge in [0.2, 0.25) is 17.4 Å². The van der Waals surface area contributed by atoms with E-state index in [0.717, 1.165) is 0 Å². The number of thioether (sulfide) groups is 1. The van der Waals surface area contributed by atoms with Crippen molar-refractivity contribution in [2.45, 2.75) is 43.5 Å². The molecule has 3 atom stereocenters. The second-order valence-electron chi connectivity index (χ2n) is 9.18. The fraction of sp³-hybridized carbons (Fsp3) is 0.391. The molecule has 1 aromatic carbocycles. The van der Waals surface area contributed by atoms with E-state index in [1.165, 1.54) is 18.0 Å². The van der Waals surface area contributed by atoms with Gasteiger partial charge in [0.05, 0.1) is 41.7 Å². The van der Waals surface area contributed by atoms with Gasteiger partial charge in [0.25, 0.3) is 0 Å². The van der Waals surface area contributed by atoms with Gasteiger partial charge in [-0.15, -0.1) is 11.8 Å². The number of nitrogens with zero attached hydrogens (tertiary/aromatic N) is 4. The first-order chi connectivity index (χ1) is 17.2. The Bertz CT molecular complexity index is 1420. The molecule has 4 amide bonds. The number of nitrogens with one attached hydrogen (secondary N) is 2. The fourth-order valence-electron chi connectivity index (χ4n) is 5.68. The number of barbiturate groups is 1. The summed E-state index contributed by atoms with van der Waals surface area (Å²) < 4.78 is 27.5. The number of morpholine rings is 1.